The number of rotatable bonds is 6. The summed E-state index contributed by atoms with van der Waals surface area (Å²) in [6.07, 6.45) is -20.4. The SMILES string of the molecule is FC(F)C(F)(F)C[C](CC(F)(F)C(F)F)C(F)(F)F. The minimum atomic E-state index is -5.81. The molecule has 0 aromatic heterocycles. The van der Waals surface area contributed by atoms with Crippen LogP contribution in [0.3, 0.4) is 0 Å². The molecule has 11 heteroatoms. The van der Waals surface area contributed by atoms with Crippen LogP contribution in [0.5, 0.6) is 0 Å². The van der Waals surface area contributed by atoms with Crippen molar-refractivity contribution in [2.75, 3.05) is 0 Å². The average molecular weight is 311 g/mol. The number of hydrogen-bond donors (Lipinski definition) is 0. The molecule has 0 saturated carbocycles. The molecule has 19 heavy (non-hydrogen) atoms. The second-order valence-corrected chi connectivity index (χ2v) is 3.58. The summed E-state index contributed by atoms with van der Waals surface area (Å²) in [5.74, 6) is -13.2. The van der Waals surface area contributed by atoms with Crippen molar-refractivity contribution in [3.8, 4) is 0 Å². The highest BCUT2D eigenvalue weighted by molar-refractivity contribution is 5.05. The molecule has 0 saturated heterocycles. The van der Waals surface area contributed by atoms with Gasteiger partial charge in [0.15, 0.2) is 0 Å². The first-order chi connectivity index (χ1) is 8.20. The van der Waals surface area contributed by atoms with Gasteiger partial charge in [-0.2, -0.15) is 13.2 Å². The van der Waals surface area contributed by atoms with Crippen LogP contribution in [-0.4, -0.2) is 30.9 Å². The van der Waals surface area contributed by atoms with Gasteiger partial charge >= 0.3 is 30.9 Å². The second kappa shape index (κ2) is 5.70. The molecule has 0 rings (SSSR count). The van der Waals surface area contributed by atoms with E-state index in [0.717, 1.165) is 0 Å². The van der Waals surface area contributed by atoms with Crippen molar-refractivity contribution in [2.45, 2.75) is 43.7 Å². The fraction of sp³-hybridized carbons (Fsp3) is 0.875. The third-order valence-corrected chi connectivity index (χ3v) is 1.94. The molecule has 0 amide bonds. The van der Waals surface area contributed by atoms with Gasteiger partial charge in [-0.3, -0.25) is 0 Å². The summed E-state index contributed by atoms with van der Waals surface area (Å²) in [6.45, 7) is 0. The van der Waals surface area contributed by atoms with Crippen LogP contribution in [0.15, 0.2) is 0 Å². The third-order valence-electron chi connectivity index (χ3n) is 1.94. The molecule has 0 N–H and O–H groups in total. The molecule has 0 nitrogen and oxygen atoms in total. The maximum absolute atomic E-state index is 12.4. The second-order valence-electron chi connectivity index (χ2n) is 3.58. The van der Waals surface area contributed by atoms with Gasteiger partial charge in [0.05, 0.1) is 5.92 Å². The van der Waals surface area contributed by atoms with E-state index in [2.05, 4.69) is 0 Å². The van der Waals surface area contributed by atoms with Crippen LogP contribution in [-0.2, 0) is 0 Å². The van der Waals surface area contributed by atoms with Gasteiger partial charge in [-0.25, -0.2) is 35.1 Å². The molecular formula is C8H6F11. The Labute approximate surface area is 99.1 Å². The zero-order valence-electron chi connectivity index (χ0n) is 8.73. The Morgan fingerprint density at radius 1 is 0.632 bits per heavy atom. The van der Waals surface area contributed by atoms with Crippen molar-refractivity contribution >= 4 is 0 Å². The topological polar surface area (TPSA) is 0 Å². The molecule has 0 spiro atoms. The lowest BCUT2D eigenvalue weighted by Crippen LogP contribution is -2.39. The highest BCUT2D eigenvalue weighted by Crippen LogP contribution is 2.45. The van der Waals surface area contributed by atoms with Crippen LogP contribution in [0.1, 0.15) is 12.8 Å². The lowest BCUT2D eigenvalue weighted by Gasteiger charge is -2.27. The van der Waals surface area contributed by atoms with Gasteiger partial charge in [-0.05, 0) is 0 Å². The van der Waals surface area contributed by atoms with Gasteiger partial charge in [-0.15, -0.1) is 0 Å². The molecule has 0 aliphatic carbocycles. The van der Waals surface area contributed by atoms with Crippen LogP contribution in [0.4, 0.5) is 48.3 Å². The average Bonchev–Trinajstić information content (AvgIpc) is 2.13. The molecule has 0 aromatic carbocycles. The fourth-order valence-corrected chi connectivity index (χ4v) is 0.986. The Kier molecular flexibility index (Phi) is 5.46. The van der Waals surface area contributed by atoms with E-state index in [4.69, 9.17) is 0 Å². The summed E-state index contributed by atoms with van der Waals surface area (Å²) < 4.78 is 133. The smallest absolute Gasteiger partial charge is 0.204 e. The largest absolute Gasteiger partial charge is 0.395 e. The first-order valence-corrected chi connectivity index (χ1v) is 4.44. The summed E-state index contributed by atoms with van der Waals surface area (Å²) in [5.41, 5.74) is 0. The Bertz CT molecular complexity index is 257. The van der Waals surface area contributed by atoms with Crippen LogP contribution in [0, 0.1) is 5.92 Å². The van der Waals surface area contributed by atoms with Crippen molar-refractivity contribution in [2.24, 2.45) is 0 Å². The van der Waals surface area contributed by atoms with E-state index in [1.165, 1.54) is 0 Å². The number of hydrogen-bond acceptors (Lipinski definition) is 0. The first-order valence-electron chi connectivity index (χ1n) is 4.44. The number of alkyl halides is 11. The van der Waals surface area contributed by atoms with E-state index in [0.29, 0.717) is 0 Å². The standard InChI is InChI=1S/C8H6F11/c9-4(10)6(13,14)1-3(8(17,18)19)2-7(15,16)5(11)12/h4-5H,1-2H2. The zero-order valence-corrected chi connectivity index (χ0v) is 8.73. The molecule has 115 valence electrons. The van der Waals surface area contributed by atoms with Crippen molar-refractivity contribution in [1.29, 1.82) is 0 Å². The summed E-state index contributed by atoms with van der Waals surface area (Å²) in [7, 11) is 0. The lowest BCUT2D eigenvalue weighted by molar-refractivity contribution is -0.185. The van der Waals surface area contributed by atoms with Crippen LogP contribution in [0.2, 0.25) is 0 Å². The van der Waals surface area contributed by atoms with Crippen molar-refractivity contribution < 1.29 is 48.3 Å². The Balaban J connectivity index is 5.07. The monoisotopic (exact) mass is 311 g/mol. The molecule has 0 bridgehead atoms. The Hall–Kier alpha value is -0.770. The van der Waals surface area contributed by atoms with Gasteiger partial charge in [-0.1, -0.05) is 0 Å². The summed E-state index contributed by atoms with van der Waals surface area (Å²) in [6, 6.07) is 0. The van der Waals surface area contributed by atoms with Gasteiger partial charge in [0, 0.05) is 12.8 Å². The van der Waals surface area contributed by atoms with E-state index in [9.17, 15) is 48.3 Å². The van der Waals surface area contributed by atoms with Crippen molar-refractivity contribution in [3.05, 3.63) is 5.92 Å². The molecular weight excluding hydrogens is 305 g/mol. The molecule has 0 aliphatic heterocycles. The Morgan fingerprint density at radius 2 is 0.895 bits per heavy atom. The van der Waals surface area contributed by atoms with Gasteiger partial charge < -0.3 is 0 Å². The molecule has 0 unspecified atom stereocenters. The van der Waals surface area contributed by atoms with E-state index >= 15 is 0 Å². The highest BCUT2D eigenvalue weighted by Gasteiger charge is 2.56. The minimum absolute atomic E-state index is 2.72. The van der Waals surface area contributed by atoms with Gasteiger partial charge in [0.1, 0.15) is 0 Å². The van der Waals surface area contributed by atoms with Crippen molar-refractivity contribution in [3.63, 3.8) is 0 Å². The van der Waals surface area contributed by atoms with Crippen molar-refractivity contribution in [1.82, 2.24) is 0 Å². The zero-order chi connectivity index (χ0) is 15.6. The molecule has 0 aromatic rings. The third kappa shape index (κ3) is 5.39. The summed E-state index contributed by atoms with van der Waals surface area (Å²) in [4.78, 5) is 0. The molecule has 1 radical (unpaired) electrons. The summed E-state index contributed by atoms with van der Waals surface area (Å²) >= 11 is 0. The first kappa shape index (κ1) is 18.2. The van der Waals surface area contributed by atoms with Crippen LogP contribution >= 0.6 is 0 Å². The van der Waals surface area contributed by atoms with E-state index in [-0.39, 0.29) is 0 Å². The highest BCUT2D eigenvalue weighted by atomic mass is 19.4. The van der Waals surface area contributed by atoms with Gasteiger partial charge in [0.2, 0.25) is 0 Å². The molecule has 0 aliphatic rings. The van der Waals surface area contributed by atoms with E-state index in [1.54, 1.807) is 0 Å². The maximum atomic E-state index is 12.4. The van der Waals surface area contributed by atoms with E-state index < -0.39 is 49.6 Å². The Morgan fingerprint density at radius 3 is 1.05 bits per heavy atom. The van der Waals surface area contributed by atoms with E-state index in [1.807, 2.05) is 0 Å². The quantitative estimate of drug-likeness (QED) is 0.624. The van der Waals surface area contributed by atoms with Crippen LogP contribution in [0.25, 0.3) is 0 Å². The normalized spacial score (nSPS) is 14.8. The number of halogens is 11. The molecule has 0 heterocycles. The maximum Gasteiger partial charge on any atom is 0.395 e. The lowest BCUT2D eigenvalue weighted by atomic mass is 9.93. The van der Waals surface area contributed by atoms with Gasteiger partial charge in [0.25, 0.3) is 0 Å². The predicted octanol–water partition coefficient (Wildman–Crippen LogP) is 4.70. The molecule has 0 atom stereocenters. The van der Waals surface area contributed by atoms with Crippen LogP contribution < -0.4 is 0 Å². The molecule has 0 fully saturated rings. The fourth-order valence-electron chi connectivity index (χ4n) is 0.986. The minimum Gasteiger partial charge on any atom is -0.204 e. The predicted molar refractivity (Wildman–Crippen MR) is 40.4 cm³/mol. The summed E-state index contributed by atoms with van der Waals surface area (Å²) in [5, 5.41) is 0.